The minimum Gasteiger partial charge on any atom is -0.268 e. The van der Waals surface area contributed by atoms with Gasteiger partial charge in [-0.1, -0.05) is 59.6 Å². The zero-order chi connectivity index (χ0) is 17.4. The van der Waals surface area contributed by atoms with E-state index in [1.165, 1.54) is 0 Å². The SMILES string of the molecule is Cc1ccc(-n2c(-c3ccccc3)nc3ccc(Cl)cc3c2=O)cc1. The van der Waals surface area contributed by atoms with Gasteiger partial charge in [-0.15, -0.1) is 0 Å². The molecule has 0 aliphatic carbocycles. The number of rotatable bonds is 2. The molecule has 4 rings (SSSR count). The third kappa shape index (κ3) is 2.83. The van der Waals surface area contributed by atoms with Crippen LogP contribution in [0.1, 0.15) is 5.56 Å². The summed E-state index contributed by atoms with van der Waals surface area (Å²) >= 11 is 6.09. The Kier molecular flexibility index (Phi) is 3.86. The predicted octanol–water partition coefficient (Wildman–Crippen LogP) is 5.01. The normalized spacial score (nSPS) is 11.0. The summed E-state index contributed by atoms with van der Waals surface area (Å²) in [6.07, 6.45) is 0. The van der Waals surface area contributed by atoms with Gasteiger partial charge in [0.25, 0.3) is 5.56 Å². The molecule has 3 aromatic carbocycles. The van der Waals surface area contributed by atoms with Crippen molar-refractivity contribution in [1.82, 2.24) is 9.55 Å². The van der Waals surface area contributed by atoms with Crippen molar-refractivity contribution in [3.8, 4) is 17.1 Å². The van der Waals surface area contributed by atoms with E-state index < -0.39 is 0 Å². The van der Waals surface area contributed by atoms with Crippen LogP contribution in [0.4, 0.5) is 0 Å². The van der Waals surface area contributed by atoms with Crippen LogP contribution in [0.3, 0.4) is 0 Å². The Morgan fingerprint density at radius 2 is 1.64 bits per heavy atom. The molecule has 25 heavy (non-hydrogen) atoms. The van der Waals surface area contributed by atoms with E-state index in [-0.39, 0.29) is 5.56 Å². The summed E-state index contributed by atoms with van der Waals surface area (Å²) in [5, 5.41) is 1.03. The standard InChI is InChI=1S/C21H15ClN2O/c1-14-7-10-17(11-8-14)24-20(15-5-3-2-4-6-15)23-19-12-9-16(22)13-18(19)21(24)25/h2-13H,1H3. The van der Waals surface area contributed by atoms with E-state index in [1.807, 2.05) is 61.5 Å². The van der Waals surface area contributed by atoms with Gasteiger partial charge in [-0.2, -0.15) is 0 Å². The molecule has 0 spiro atoms. The van der Waals surface area contributed by atoms with Gasteiger partial charge in [0.1, 0.15) is 5.82 Å². The first-order chi connectivity index (χ1) is 12.1. The van der Waals surface area contributed by atoms with Crippen molar-refractivity contribution >= 4 is 22.5 Å². The second-order valence-electron chi connectivity index (χ2n) is 5.94. The number of hydrogen-bond acceptors (Lipinski definition) is 2. The molecular weight excluding hydrogens is 332 g/mol. The van der Waals surface area contributed by atoms with Crippen LogP contribution in [0.5, 0.6) is 0 Å². The Labute approximate surface area is 150 Å². The maximum absolute atomic E-state index is 13.2. The Morgan fingerprint density at radius 1 is 0.920 bits per heavy atom. The Bertz CT molecular complexity index is 1120. The number of aryl methyl sites for hydroxylation is 1. The highest BCUT2D eigenvalue weighted by molar-refractivity contribution is 6.31. The second-order valence-corrected chi connectivity index (χ2v) is 6.38. The highest BCUT2D eigenvalue weighted by atomic mass is 35.5. The predicted molar refractivity (Wildman–Crippen MR) is 103 cm³/mol. The van der Waals surface area contributed by atoms with Crippen LogP contribution >= 0.6 is 11.6 Å². The molecule has 1 aromatic heterocycles. The van der Waals surface area contributed by atoms with Gasteiger partial charge in [-0.05, 0) is 37.3 Å². The van der Waals surface area contributed by atoms with Gasteiger partial charge < -0.3 is 0 Å². The van der Waals surface area contributed by atoms with Crippen LogP contribution in [-0.2, 0) is 0 Å². The van der Waals surface area contributed by atoms with Crippen LogP contribution in [0.15, 0.2) is 77.6 Å². The van der Waals surface area contributed by atoms with E-state index in [1.54, 1.807) is 22.8 Å². The second kappa shape index (κ2) is 6.19. The average Bonchev–Trinajstić information content (AvgIpc) is 2.64. The first-order valence-electron chi connectivity index (χ1n) is 7.98. The first kappa shape index (κ1) is 15.6. The molecule has 4 aromatic rings. The first-order valence-corrected chi connectivity index (χ1v) is 8.36. The van der Waals surface area contributed by atoms with Gasteiger partial charge in [0.05, 0.1) is 16.6 Å². The van der Waals surface area contributed by atoms with Gasteiger partial charge in [0.2, 0.25) is 0 Å². The zero-order valence-electron chi connectivity index (χ0n) is 13.6. The number of aromatic nitrogens is 2. The summed E-state index contributed by atoms with van der Waals surface area (Å²) < 4.78 is 1.65. The van der Waals surface area contributed by atoms with Crippen molar-refractivity contribution in [1.29, 1.82) is 0 Å². The van der Waals surface area contributed by atoms with Crippen molar-refractivity contribution in [3.63, 3.8) is 0 Å². The number of fused-ring (bicyclic) bond motifs is 1. The molecule has 0 N–H and O–H groups in total. The zero-order valence-corrected chi connectivity index (χ0v) is 14.4. The molecule has 0 atom stereocenters. The molecule has 0 aliphatic heterocycles. The molecule has 1 heterocycles. The lowest BCUT2D eigenvalue weighted by Crippen LogP contribution is -2.22. The maximum Gasteiger partial charge on any atom is 0.266 e. The summed E-state index contributed by atoms with van der Waals surface area (Å²) in [4.78, 5) is 18.0. The van der Waals surface area contributed by atoms with E-state index in [0.29, 0.717) is 21.7 Å². The Hall–Kier alpha value is -2.91. The number of hydrogen-bond donors (Lipinski definition) is 0. The van der Waals surface area contributed by atoms with Gasteiger partial charge in [0, 0.05) is 10.6 Å². The van der Waals surface area contributed by atoms with Gasteiger partial charge in [-0.25, -0.2) is 4.98 Å². The van der Waals surface area contributed by atoms with Crippen LogP contribution < -0.4 is 5.56 Å². The Morgan fingerprint density at radius 3 is 2.36 bits per heavy atom. The molecule has 0 radical (unpaired) electrons. The summed E-state index contributed by atoms with van der Waals surface area (Å²) in [6, 6.07) is 22.8. The lowest BCUT2D eigenvalue weighted by Gasteiger charge is -2.14. The van der Waals surface area contributed by atoms with Crippen molar-refractivity contribution in [3.05, 3.63) is 93.7 Å². The molecule has 0 aliphatic rings. The molecule has 0 saturated heterocycles. The highest BCUT2D eigenvalue weighted by Crippen LogP contribution is 2.23. The van der Waals surface area contributed by atoms with E-state index in [4.69, 9.17) is 16.6 Å². The summed E-state index contributed by atoms with van der Waals surface area (Å²) in [7, 11) is 0. The van der Waals surface area contributed by atoms with E-state index in [2.05, 4.69) is 0 Å². The molecule has 3 nitrogen and oxygen atoms in total. The van der Waals surface area contributed by atoms with Crippen molar-refractivity contribution in [2.45, 2.75) is 6.92 Å². The quantitative estimate of drug-likeness (QED) is 0.511. The molecule has 0 fully saturated rings. The number of benzene rings is 3. The third-order valence-electron chi connectivity index (χ3n) is 4.15. The van der Waals surface area contributed by atoms with Crippen LogP contribution in [0, 0.1) is 6.92 Å². The topological polar surface area (TPSA) is 34.9 Å². The summed E-state index contributed by atoms with van der Waals surface area (Å²) in [5.41, 5.74) is 3.31. The smallest absolute Gasteiger partial charge is 0.266 e. The maximum atomic E-state index is 13.2. The lowest BCUT2D eigenvalue weighted by molar-refractivity contribution is 0.975. The van der Waals surface area contributed by atoms with Gasteiger partial charge in [-0.3, -0.25) is 9.36 Å². The highest BCUT2D eigenvalue weighted by Gasteiger charge is 2.14. The number of halogens is 1. The van der Waals surface area contributed by atoms with E-state index >= 15 is 0 Å². The van der Waals surface area contributed by atoms with Gasteiger partial charge in [0.15, 0.2) is 0 Å². The Balaban J connectivity index is 2.12. The molecule has 122 valence electrons. The summed E-state index contributed by atoms with van der Waals surface area (Å²) in [5.74, 6) is 0.615. The largest absolute Gasteiger partial charge is 0.268 e. The van der Waals surface area contributed by atoms with Crippen LogP contribution in [-0.4, -0.2) is 9.55 Å². The lowest BCUT2D eigenvalue weighted by atomic mass is 10.1. The fourth-order valence-electron chi connectivity index (χ4n) is 2.87. The molecule has 0 saturated carbocycles. The minimum absolute atomic E-state index is 0.129. The number of nitrogens with zero attached hydrogens (tertiary/aromatic N) is 2. The fourth-order valence-corrected chi connectivity index (χ4v) is 3.04. The van der Waals surface area contributed by atoms with Crippen molar-refractivity contribution in [2.75, 3.05) is 0 Å². The fraction of sp³-hybridized carbons (Fsp3) is 0.0476. The van der Waals surface area contributed by atoms with Crippen molar-refractivity contribution < 1.29 is 0 Å². The van der Waals surface area contributed by atoms with Crippen LogP contribution in [0.25, 0.3) is 28.0 Å². The van der Waals surface area contributed by atoms with Crippen LogP contribution in [0.2, 0.25) is 5.02 Å². The molecule has 0 bridgehead atoms. The molecular formula is C21H15ClN2O. The van der Waals surface area contributed by atoms with E-state index in [9.17, 15) is 4.79 Å². The minimum atomic E-state index is -0.129. The molecule has 4 heteroatoms. The molecule has 0 amide bonds. The van der Waals surface area contributed by atoms with E-state index in [0.717, 1.165) is 16.8 Å². The monoisotopic (exact) mass is 346 g/mol. The van der Waals surface area contributed by atoms with Gasteiger partial charge >= 0.3 is 0 Å². The molecule has 0 unspecified atom stereocenters. The summed E-state index contributed by atoms with van der Waals surface area (Å²) in [6.45, 7) is 2.02. The average molecular weight is 347 g/mol. The third-order valence-corrected chi connectivity index (χ3v) is 4.39. The van der Waals surface area contributed by atoms with Crippen molar-refractivity contribution in [2.24, 2.45) is 0 Å².